The first-order valence-electron chi connectivity index (χ1n) is 5.74. The molecular weight excluding hydrogens is 336 g/mol. The van der Waals surface area contributed by atoms with Crippen LogP contribution in [0.4, 0.5) is 10.5 Å². The second kappa shape index (κ2) is 5.79. The molecule has 2 rings (SSSR count). The summed E-state index contributed by atoms with van der Waals surface area (Å²) in [6, 6.07) is 4.45. The molecular formula is C12H12BrClN2O3. The van der Waals surface area contributed by atoms with Gasteiger partial charge >= 0.3 is 6.09 Å². The lowest BCUT2D eigenvalue weighted by Crippen LogP contribution is -2.42. The molecule has 0 spiro atoms. The molecule has 1 aromatic carbocycles. The van der Waals surface area contributed by atoms with Crippen molar-refractivity contribution in [3.63, 3.8) is 0 Å². The van der Waals surface area contributed by atoms with Crippen LogP contribution in [0.3, 0.4) is 0 Å². The Morgan fingerprint density at radius 3 is 2.84 bits per heavy atom. The number of carbonyl (C=O) groups is 2. The van der Waals surface area contributed by atoms with Gasteiger partial charge in [-0.1, -0.05) is 27.5 Å². The van der Waals surface area contributed by atoms with Gasteiger partial charge in [0.2, 0.25) is 5.91 Å². The molecule has 19 heavy (non-hydrogen) atoms. The highest BCUT2D eigenvalue weighted by atomic mass is 79.9. The van der Waals surface area contributed by atoms with Crippen molar-refractivity contribution in [2.45, 2.75) is 18.9 Å². The highest BCUT2D eigenvalue weighted by molar-refractivity contribution is 9.10. The third kappa shape index (κ3) is 3.19. The molecule has 1 aliphatic heterocycles. The Hall–Kier alpha value is -1.27. The summed E-state index contributed by atoms with van der Waals surface area (Å²) in [7, 11) is 0. The quantitative estimate of drug-likeness (QED) is 0.863. The second-order valence-electron chi connectivity index (χ2n) is 4.25. The van der Waals surface area contributed by atoms with Crippen LogP contribution in [0, 0.1) is 0 Å². The standard InChI is InChI=1S/C12H12BrClN2O3/c13-7-3-4-9(8(14)6-7)15-11(17)10-2-1-5-16(10)12(18)19/h3-4,6,10H,1-2,5H2,(H,15,17)(H,18,19). The van der Waals surface area contributed by atoms with Gasteiger partial charge in [-0.3, -0.25) is 9.69 Å². The fourth-order valence-electron chi connectivity index (χ4n) is 2.08. The number of carboxylic acid groups (broad SMARTS) is 1. The van der Waals surface area contributed by atoms with E-state index >= 15 is 0 Å². The summed E-state index contributed by atoms with van der Waals surface area (Å²) in [5.74, 6) is -0.343. The van der Waals surface area contributed by atoms with Crippen molar-refractivity contribution < 1.29 is 14.7 Å². The van der Waals surface area contributed by atoms with Gasteiger partial charge in [-0.05, 0) is 31.0 Å². The van der Waals surface area contributed by atoms with Gasteiger partial charge in [0.25, 0.3) is 0 Å². The molecule has 1 fully saturated rings. The minimum atomic E-state index is -1.07. The molecule has 7 heteroatoms. The molecule has 1 aliphatic rings. The Morgan fingerprint density at radius 1 is 1.47 bits per heavy atom. The molecule has 2 N–H and O–H groups in total. The van der Waals surface area contributed by atoms with Crippen LogP contribution in [0.25, 0.3) is 0 Å². The number of anilines is 1. The largest absolute Gasteiger partial charge is 0.465 e. The third-order valence-electron chi connectivity index (χ3n) is 2.99. The van der Waals surface area contributed by atoms with Gasteiger partial charge in [-0.15, -0.1) is 0 Å². The van der Waals surface area contributed by atoms with E-state index in [0.717, 1.165) is 9.37 Å². The van der Waals surface area contributed by atoms with E-state index in [9.17, 15) is 9.59 Å². The van der Waals surface area contributed by atoms with Crippen LogP contribution in [0.1, 0.15) is 12.8 Å². The topological polar surface area (TPSA) is 69.6 Å². The lowest BCUT2D eigenvalue weighted by atomic mass is 10.2. The monoisotopic (exact) mass is 346 g/mol. The number of nitrogens with zero attached hydrogens (tertiary/aromatic N) is 1. The van der Waals surface area contributed by atoms with E-state index < -0.39 is 12.1 Å². The van der Waals surface area contributed by atoms with Gasteiger partial charge in [0.05, 0.1) is 10.7 Å². The van der Waals surface area contributed by atoms with Gasteiger partial charge in [-0.2, -0.15) is 0 Å². The molecule has 1 aromatic rings. The first-order valence-corrected chi connectivity index (χ1v) is 6.91. The fourth-order valence-corrected chi connectivity index (χ4v) is 2.80. The molecule has 0 saturated carbocycles. The predicted molar refractivity (Wildman–Crippen MR) is 75.5 cm³/mol. The van der Waals surface area contributed by atoms with Gasteiger partial charge in [0, 0.05) is 11.0 Å². The Bertz CT molecular complexity index is 524. The van der Waals surface area contributed by atoms with E-state index in [2.05, 4.69) is 21.2 Å². The van der Waals surface area contributed by atoms with Crippen LogP contribution >= 0.6 is 27.5 Å². The van der Waals surface area contributed by atoms with Crippen molar-refractivity contribution >= 4 is 45.2 Å². The Morgan fingerprint density at radius 2 is 2.21 bits per heavy atom. The number of rotatable bonds is 2. The molecule has 5 nitrogen and oxygen atoms in total. The Balaban J connectivity index is 2.10. The molecule has 0 radical (unpaired) electrons. The van der Waals surface area contributed by atoms with Crippen molar-refractivity contribution in [3.05, 3.63) is 27.7 Å². The third-order valence-corrected chi connectivity index (χ3v) is 3.80. The molecule has 102 valence electrons. The first kappa shape index (κ1) is 14.1. The molecule has 0 bridgehead atoms. The SMILES string of the molecule is O=C(Nc1ccc(Br)cc1Cl)C1CCCN1C(=O)O. The van der Waals surface area contributed by atoms with Crippen molar-refractivity contribution in [3.8, 4) is 0 Å². The molecule has 1 saturated heterocycles. The van der Waals surface area contributed by atoms with Crippen LogP contribution in [-0.4, -0.2) is 34.6 Å². The molecule has 0 aliphatic carbocycles. The zero-order valence-corrected chi connectivity index (χ0v) is 12.2. The zero-order valence-electron chi connectivity index (χ0n) is 9.90. The van der Waals surface area contributed by atoms with Crippen molar-refractivity contribution in [2.24, 2.45) is 0 Å². The summed E-state index contributed by atoms with van der Waals surface area (Å²) in [5, 5.41) is 12.1. The normalized spacial score (nSPS) is 18.4. The summed E-state index contributed by atoms with van der Waals surface area (Å²) in [4.78, 5) is 24.2. The molecule has 0 aromatic heterocycles. The number of hydrogen-bond donors (Lipinski definition) is 2. The summed E-state index contributed by atoms with van der Waals surface area (Å²) in [6.45, 7) is 0.390. The Kier molecular flexibility index (Phi) is 4.31. The number of benzene rings is 1. The van der Waals surface area contributed by atoms with E-state index in [-0.39, 0.29) is 5.91 Å². The number of carbonyl (C=O) groups excluding carboxylic acids is 1. The van der Waals surface area contributed by atoms with E-state index in [0.29, 0.717) is 30.1 Å². The average Bonchev–Trinajstić information content (AvgIpc) is 2.82. The van der Waals surface area contributed by atoms with Gasteiger partial charge in [0.1, 0.15) is 6.04 Å². The summed E-state index contributed by atoms with van der Waals surface area (Å²) in [5.41, 5.74) is 0.479. The first-order chi connectivity index (χ1) is 8.99. The maximum Gasteiger partial charge on any atom is 0.407 e. The lowest BCUT2D eigenvalue weighted by molar-refractivity contribution is -0.119. The Labute approximate surface area is 123 Å². The van der Waals surface area contributed by atoms with Crippen LogP contribution < -0.4 is 5.32 Å². The highest BCUT2D eigenvalue weighted by Gasteiger charge is 2.34. The second-order valence-corrected chi connectivity index (χ2v) is 5.57. The number of halogens is 2. The van der Waals surface area contributed by atoms with E-state index in [1.165, 1.54) is 0 Å². The number of hydrogen-bond acceptors (Lipinski definition) is 2. The van der Waals surface area contributed by atoms with Crippen LogP contribution in [0.5, 0.6) is 0 Å². The van der Waals surface area contributed by atoms with Gasteiger partial charge in [-0.25, -0.2) is 4.79 Å². The zero-order chi connectivity index (χ0) is 14.0. The maximum atomic E-state index is 12.1. The predicted octanol–water partition coefficient (Wildman–Crippen LogP) is 3.18. The van der Waals surface area contributed by atoms with Crippen LogP contribution in [0.2, 0.25) is 5.02 Å². The van der Waals surface area contributed by atoms with E-state index in [1.807, 2.05) is 0 Å². The summed E-state index contributed by atoms with van der Waals surface area (Å²) in [6.07, 6.45) is 0.157. The number of likely N-dealkylation sites (tertiary alicyclic amines) is 1. The minimum absolute atomic E-state index is 0.343. The molecule has 1 heterocycles. The van der Waals surface area contributed by atoms with Crippen LogP contribution in [0.15, 0.2) is 22.7 Å². The highest BCUT2D eigenvalue weighted by Crippen LogP contribution is 2.27. The summed E-state index contributed by atoms with van der Waals surface area (Å²) < 4.78 is 0.809. The van der Waals surface area contributed by atoms with Crippen LogP contribution in [-0.2, 0) is 4.79 Å². The molecule has 2 amide bonds. The van der Waals surface area contributed by atoms with Gasteiger partial charge in [0.15, 0.2) is 0 Å². The minimum Gasteiger partial charge on any atom is -0.465 e. The smallest absolute Gasteiger partial charge is 0.407 e. The van der Waals surface area contributed by atoms with Gasteiger partial charge < -0.3 is 10.4 Å². The summed E-state index contributed by atoms with van der Waals surface area (Å²) >= 11 is 9.28. The number of amides is 2. The van der Waals surface area contributed by atoms with Crippen molar-refractivity contribution in [2.75, 3.05) is 11.9 Å². The number of nitrogens with one attached hydrogen (secondary N) is 1. The molecule has 1 unspecified atom stereocenters. The fraction of sp³-hybridized carbons (Fsp3) is 0.333. The average molecular weight is 348 g/mol. The van der Waals surface area contributed by atoms with E-state index in [4.69, 9.17) is 16.7 Å². The maximum absolute atomic E-state index is 12.1. The lowest BCUT2D eigenvalue weighted by Gasteiger charge is -2.20. The molecule has 1 atom stereocenters. The van der Waals surface area contributed by atoms with Crippen molar-refractivity contribution in [1.29, 1.82) is 0 Å². The van der Waals surface area contributed by atoms with E-state index in [1.54, 1.807) is 18.2 Å². The van der Waals surface area contributed by atoms with Crippen molar-refractivity contribution in [1.82, 2.24) is 4.90 Å².